The zero-order valence-corrected chi connectivity index (χ0v) is 47.6. The van der Waals surface area contributed by atoms with Gasteiger partial charge < -0.3 is 41.0 Å². The highest BCUT2D eigenvalue weighted by Gasteiger charge is 2.42. The molecule has 4 aromatic heterocycles. The van der Waals surface area contributed by atoms with E-state index in [0.717, 1.165) is 12.4 Å². The average Bonchev–Trinajstić information content (AvgIpc) is 1.73. The summed E-state index contributed by atoms with van der Waals surface area (Å²) in [6.07, 6.45) is -7.27. The summed E-state index contributed by atoms with van der Waals surface area (Å²) in [5.41, 5.74) is 11.2. The first kappa shape index (κ1) is 61.6. The number of nitrogens with two attached hydrogens (primary N) is 2. The molecule has 6 N–H and O–H groups in total. The lowest BCUT2D eigenvalue weighted by atomic mass is 10.0. The van der Waals surface area contributed by atoms with Crippen molar-refractivity contribution in [3.63, 3.8) is 0 Å². The molecule has 8 aromatic rings. The van der Waals surface area contributed by atoms with Crippen LogP contribution in [0.4, 0.5) is 26.3 Å². The van der Waals surface area contributed by atoms with E-state index in [2.05, 4.69) is 20.2 Å². The lowest BCUT2D eigenvalue weighted by Crippen LogP contribution is -2.55. The Labute approximate surface area is 489 Å². The minimum atomic E-state index is -4.76. The van der Waals surface area contributed by atoms with Gasteiger partial charge in [0.15, 0.2) is 22.7 Å². The largest absolute Gasteiger partial charge is 0.497 e. The Balaban J connectivity index is 0.000000205. The van der Waals surface area contributed by atoms with E-state index in [4.69, 9.17) is 20.9 Å². The topological polar surface area (TPSA) is 253 Å². The second kappa shape index (κ2) is 24.9. The summed E-state index contributed by atoms with van der Waals surface area (Å²) < 4.78 is 97.7. The van der Waals surface area contributed by atoms with Gasteiger partial charge in [-0.15, -0.1) is 0 Å². The third-order valence-electron chi connectivity index (χ3n) is 15.7. The standard InChI is InChI=1S/2C30H31F3N6O4/c2*1-17-15-37(24(16-40)20-5-4-6-21(13-20)27(34)41)11-12-38(17)29(42)23-14-35-39-26(30(31,32)33)18(2)25(36-28(23)39)19-7-9-22(43-3)10-8-19/h2*4-10,13-14,17,24,40H,11-12,15-16H2,1-3H3,(H2,34,41)/t17-,24+;17-,24-/m11/s1. The van der Waals surface area contributed by atoms with Crippen LogP contribution in [0, 0.1) is 13.8 Å². The Morgan fingerprint density at radius 3 is 1.24 bits per heavy atom. The molecular formula is C60H62F6N12O8. The number of methoxy groups -OCH3 is 2. The minimum Gasteiger partial charge on any atom is -0.497 e. The number of piperazine rings is 2. The second-order valence-corrected chi connectivity index (χ2v) is 21.0. The smallest absolute Gasteiger partial charge is 0.433 e. The van der Waals surface area contributed by atoms with Gasteiger partial charge in [-0.2, -0.15) is 36.5 Å². The van der Waals surface area contributed by atoms with Crippen LogP contribution >= 0.6 is 0 Å². The van der Waals surface area contributed by atoms with Gasteiger partial charge >= 0.3 is 12.4 Å². The fourth-order valence-electron chi connectivity index (χ4n) is 11.3. The van der Waals surface area contributed by atoms with Gasteiger partial charge in [0.1, 0.15) is 22.6 Å². The van der Waals surface area contributed by atoms with Crippen LogP contribution in [0.1, 0.15) is 101 Å². The molecule has 4 atom stereocenters. The molecule has 0 saturated carbocycles. The average molecular weight is 1190 g/mol. The van der Waals surface area contributed by atoms with E-state index in [1.54, 1.807) is 107 Å². The van der Waals surface area contributed by atoms with Crippen molar-refractivity contribution in [2.75, 3.05) is 66.7 Å². The zero-order valence-electron chi connectivity index (χ0n) is 47.6. The van der Waals surface area contributed by atoms with Crippen LogP contribution in [0.3, 0.4) is 0 Å². The number of carbonyl (C=O) groups is 4. The quantitative estimate of drug-likeness (QED) is 0.0774. The monoisotopic (exact) mass is 1190 g/mol. The molecule has 4 aromatic carbocycles. The van der Waals surface area contributed by atoms with Gasteiger partial charge in [0, 0.05) is 84.7 Å². The number of nitrogens with zero attached hydrogens (tertiary/aromatic N) is 10. The zero-order chi connectivity index (χ0) is 62.1. The van der Waals surface area contributed by atoms with E-state index in [1.807, 2.05) is 23.6 Å². The van der Waals surface area contributed by atoms with Crippen molar-refractivity contribution < 1.29 is 65.2 Å². The van der Waals surface area contributed by atoms with E-state index >= 15 is 0 Å². The molecule has 10 rings (SSSR count). The molecule has 452 valence electrons. The molecule has 6 heterocycles. The molecule has 0 aliphatic carbocycles. The molecule has 2 aliphatic heterocycles. The number of ether oxygens (including phenoxy) is 2. The van der Waals surface area contributed by atoms with Crippen molar-refractivity contribution in [1.82, 2.24) is 48.8 Å². The molecule has 4 amide bonds. The van der Waals surface area contributed by atoms with Crippen molar-refractivity contribution in [2.24, 2.45) is 11.5 Å². The van der Waals surface area contributed by atoms with Gasteiger partial charge in [0.05, 0.1) is 63.3 Å². The first-order valence-electron chi connectivity index (χ1n) is 27.2. The van der Waals surface area contributed by atoms with Crippen LogP contribution in [0.15, 0.2) is 109 Å². The summed E-state index contributed by atoms with van der Waals surface area (Å²) in [7, 11) is 2.98. The fraction of sp³-hybridized carbons (Fsp3) is 0.333. The van der Waals surface area contributed by atoms with Gasteiger partial charge in [-0.25, -0.2) is 19.0 Å². The number of hydrogen-bond acceptors (Lipinski definition) is 14. The van der Waals surface area contributed by atoms with Crippen molar-refractivity contribution in [1.29, 1.82) is 0 Å². The predicted molar refractivity (Wildman–Crippen MR) is 303 cm³/mol. The number of benzene rings is 4. The van der Waals surface area contributed by atoms with Crippen molar-refractivity contribution in [3.8, 4) is 34.0 Å². The SMILES string of the molecule is COc1ccc(-c2nc3c(C(=O)N4CCN([C@@H](CO)c5cccc(C(N)=O)c5)C[C@H]4C)cnn3c(C(F)(F)F)c2C)cc1.COc1ccc(-c2nc3c(C(=O)N4CCN([C@H](CO)c5cccc(C(N)=O)c5)C[C@H]4C)cnn3c(C(F)(F)F)c2C)cc1. The molecule has 2 fully saturated rings. The molecule has 2 aliphatic rings. The fourth-order valence-corrected chi connectivity index (χ4v) is 11.3. The van der Waals surface area contributed by atoms with Crippen molar-refractivity contribution in [2.45, 2.75) is 64.2 Å². The van der Waals surface area contributed by atoms with Crippen LogP contribution in [-0.2, 0) is 12.4 Å². The van der Waals surface area contributed by atoms with E-state index in [1.165, 1.54) is 28.1 Å². The van der Waals surface area contributed by atoms with Crippen molar-refractivity contribution in [3.05, 3.63) is 165 Å². The van der Waals surface area contributed by atoms with Crippen LogP contribution in [0.2, 0.25) is 0 Å². The number of halogens is 6. The highest BCUT2D eigenvalue weighted by atomic mass is 19.4. The first-order chi connectivity index (χ1) is 40.9. The van der Waals surface area contributed by atoms with Crippen LogP contribution in [0.25, 0.3) is 33.8 Å². The number of carbonyl (C=O) groups excluding carboxylic acids is 4. The van der Waals surface area contributed by atoms with Crippen molar-refractivity contribution >= 4 is 34.9 Å². The molecule has 0 unspecified atom stereocenters. The Morgan fingerprint density at radius 2 is 0.942 bits per heavy atom. The number of alkyl halides is 6. The summed E-state index contributed by atoms with van der Waals surface area (Å²) >= 11 is 0. The van der Waals surface area contributed by atoms with Crippen LogP contribution in [-0.4, -0.2) is 161 Å². The highest BCUT2D eigenvalue weighted by molar-refractivity contribution is 6.01. The lowest BCUT2D eigenvalue weighted by Gasteiger charge is -2.43. The number of aliphatic hydroxyl groups is 2. The molecule has 26 heteroatoms. The molecule has 86 heavy (non-hydrogen) atoms. The van der Waals surface area contributed by atoms with Gasteiger partial charge in [0.25, 0.3) is 11.8 Å². The van der Waals surface area contributed by atoms with E-state index in [-0.39, 0.29) is 83.3 Å². The van der Waals surface area contributed by atoms with E-state index in [9.17, 15) is 55.7 Å². The minimum absolute atomic E-state index is 0.0478. The normalized spacial score (nSPS) is 16.8. The molecule has 0 bridgehead atoms. The lowest BCUT2D eigenvalue weighted by molar-refractivity contribution is -0.144. The maximum Gasteiger partial charge on any atom is 0.433 e. The molecule has 0 radical (unpaired) electrons. The number of aliphatic hydroxyl groups excluding tert-OH is 2. The van der Waals surface area contributed by atoms with Crippen LogP contribution < -0.4 is 20.9 Å². The third kappa shape index (κ3) is 12.3. The number of primary amides is 2. The Bertz CT molecular complexity index is 3590. The van der Waals surface area contributed by atoms with Gasteiger partial charge in [-0.05, 0) is 112 Å². The number of fused-ring (bicyclic) bond motifs is 2. The van der Waals surface area contributed by atoms with Gasteiger partial charge in [-0.1, -0.05) is 24.3 Å². The number of amides is 4. The second-order valence-electron chi connectivity index (χ2n) is 21.0. The molecule has 20 nitrogen and oxygen atoms in total. The van der Waals surface area contributed by atoms with Gasteiger partial charge in [0.2, 0.25) is 11.8 Å². The summed E-state index contributed by atoms with van der Waals surface area (Å²) in [6.45, 7) is 7.83. The summed E-state index contributed by atoms with van der Waals surface area (Å²) in [4.78, 5) is 67.1. The predicted octanol–water partition coefficient (Wildman–Crippen LogP) is 7.42. The maximum absolute atomic E-state index is 14.3. The number of hydrogen-bond donors (Lipinski definition) is 4. The first-order valence-corrected chi connectivity index (χ1v) is 27.2. The number of aromatic nitrogens is 6. The van der Waals surface area contributed by atoms with Gasteiger partial charge in [-0.3, -0.25) is 29.0 Å². The van der Waals surface area contributed by atoms with E-state index in [0.29, 0.717) is 80.1 Å². The molecular weight excluding hydrogens is 1130 g/mol. The van der Waals surface area contributed by atoms with E-state index < -0.39 is 59.5 Å². The Kier molecular flexibility index (Phi) is 17.8. The number of rotatable bonds is 14. The Morgan fingerprint density at radius 1 is 0.581 bits per heavy atom. The molecule has 0 spiro atoms. The Hall–Kier alpha value is -8.98. The highest BCUT2D eigenvalue weighted by Crippen LogP contribution is 2.40. The summed E-state index contributed by atoms with van der Waals surface area (Å²) in [5.74, 6) is -1.08. The maximum atomic E-state index is 14.3. The molecule has 2 saturated heterocycles. The summed E-state index contributed by atoms with van der Waals surface area (Å²) in [5, 5.41) is 28.3. The third-order valence-corrected chi connectivity index (χ3v) is 15.7. The summed E-state index contributed by atoms with van der Waals surface area (Å²) in [6, 6.07) is 24.8. The van der Waals surface area contributed by atoms with Crippen LogP contribution in [0.5, 0.6) is 11.5 Å².